The molecule has 1 aliphatic rings. The topological polar surface area (TPSA) is 96.5 Å². The van der Waals surface area contributed by atoms with Gasteiger partial charge in [0, 0.05) is 17.2 Å². The van der Waals surface area contributed by atoms with Gasteiger partial charge in [-0.05, 0) is 69.0 Å². The van der Waals surface area contributed by atoms with E-state index < -0.39 is 17.9 Å². The van der Waals surface area contributed by atoms with Crippen molar-refractivity contribution < 1.29 is 19.1 Å². The molecule has 0 unspecified atom stereocenters. The van der Waals surface area contributed by atoms with Crippen LogP contribution in [0.25, 0.3) is 0 Å². The summed E-state index contributed by atoms with van der Waals surface area (Å²) in [6.45, 7) is 5.43. The fraction of sp³-hybridized carbons (Fsp3) is 0.318. The third-order valence-corrected chi connectivity index (χ3v) is 4.73. The third-order valence-electron chi connectivity index (χ3n) is 4.73. The number of aryl methyl sites for hydroxylation is 2. The molecule has 0 bridgehead atoms. The molecule has 1 fully saturated rings. The number of benzene rings is 2. The number of ether oxygens (including phenoxy) is 1. The van der Waals surface area contributed by atoms with Crippen LogP contribution >= 0.6 is 0 Å². The SMILES string of the molecule is Cc1cccc(C)c1O[C@@H](C)C(=O)NNC(=O)c1ccc(NC(=O)C2CC2)cc1. The summed E-state index contributed by atoms with van der Waals surface area (Å²) < 4.78 is 5.75. The van der Waals surface area contributed by atoms with Crippen LogP contribution in [0.4, 0.5) is 5.69 Å². The summed E-state index contributed by atoms with van der Waals surface area (Å²) in [5, 5.41) is 2.81. The van der Waals surface area contributed by atoms with Crippen molar-refractivity contribution in [1.82, 2.24) is 10.9 Å². The second-order valence-electron chi connectivity index (χ2n) is 7.27. The Kier molecular flexibility index (Phi) is 6.16. The summed E-state index contributed by atoms with van der Waals surface area (Å²) in [6, 6.07) is 12.2. The minimum atomic E-state index is -0.782. The molecule has 0 aliphatic heterocycles. The Balaban J connectivity index is 1.50. The predicted octanol–water partition coefficient (Wildman–Crippen LogP) is 2.88. The van der Waals surface area contributed by atoms with E-state index in [2.05, 4.69) is 16.2 Å². The Morgan fingerprint density at radius 2 is 1.59 bits per heavy atom. The van der Waals surface area contributed by atoms with Crippen LogP contribution in [0.1, 0.15) is 41.3 Å². The maximum Gasteiger partial charge on any atom is 0.279 e. The van der Waals surface area contributed by atoms with E-state index in [1.54, 1.807) is 31.2 Å². The van der Waals surface area contributed by atoms with Gasteiger partial charge in [-0.1, -0.05) is 18.2 Å². The van der Waals surface area contributed by atoms with Crippen molar-refractivity contribution in [2.75, 3.05) is 5.32 Å². The van der Waals surface area contributed by atoms with Crippen LogP contribution in [0.2, 0.25) is 0 Å². The van der Waals surface area contributed by atoms with E-state index in [1.165, 1.54) is 0 Å². The van der Waals surface area contributed by atoms with Crippen molar-refractivity contribution in [3.8, 4) is 5.75 Å². The second kappa shape index (κ2) is 8.77. The van der Waals surface area contributed by atoms with E-state index in [0.717, 1.165) is 24.0 Å². The fourth-order valence-electron chi connectivity index (χ4n) is 2.80. The van der Waals surface area contributed by atoms with E-state index >= 15 is 0 Å². The number of hydrogen-bond acceptors (Lipinski definition) is 4. The van der Waals surface area contributed by atoms with Crippen LogP contribution in [0.5, 0.6) is 5.75 Å². The van der Waals surface area contributed by atoms with Gasteiger partial charge in [0.2, 0.25) is 5.91 Å². The highest BCUT2D eigenvalue weighted by Gasteiger charge is 2.29. The van der Waals surface area contributed by atoms with Crippen LogP contribution in [-0.4, -0.2) is 23.8 Å². The first-order chi connectivity index (χ1) is 13.8. The molecule has 7 heteroatoms. The quantitative estimate of drug-likeness (QED) is 0.655. The first-order valence-electron chi connectivity index (χ1n) is 9.59. The number of hydrogen-bond donors (Lipinski definition) is 3. The molecule has 1 saturated carbocycles. The van der Waals surface area contributed by atoms with Crippen LogP contribution in [0, 0.1) is 19.8 Å². The van der Waals surface area contributed by atoms with Gasteiger partial charge in [-0.3, -0.25) is 25.2 Å². The third kappa shape index (κ3) is 5.34. The van der Waals surface area contributed by atoms with Gasteiger partial charge in [0.15, 0.2) is 6.10 Å². The standard InChI is InChI=1S/C22H25N3O4/c1-13-5-4-6-14(2)19(13)29-15(3)20(26)24-25-22(28)17-9-11-18(12-10-17)23-21(27)16-7-8-16/h4-6,9-12,15-16H,7-8H2,1-3H3,(H,23,27)(H,24,26)(H,25,28)/t15-/m0/s1. The maximum absolute atomic E-state index is 12.3. The lowest BCUT2D eigenvalue weighted by Gasteiger charge is -2.18. The number of amides is 3. The highest BCUT2D eigenvalue weighted by atomic mass is 16.5. The van der Waals surface area contributed by atoms with Gasteiger partial charge in [-0.2, -0.15) is 0 Å². The zero-order chi connectivity index (χ0) is 21.0. The largest absolute Gasteiger partial charge is 0.480 e. The average Bonchev–Trinajstić information content (AvgIpc) is 3.54. The fourth-order valence-corrected chi connectivity index (χ4v) is 2.80. The minimum absolute atomic E-state index is 0.00680. The Bertz CT molecular complexity index is 900. The van der Waals surface area contributed by atoms with Gasteiger partial charge in [0.1, 0.15) is 5.75 Å². The molecule has 2 aromatic rings. The smallest absolute Gasteiger partial charge is 0.279 e. The van der Waals surface area contributed by atoms with Crippen molar-refractivity contribution in [2.24, 2.45) is 5.92 Å². The monoisotopic (exact) mass is 395 g/mol. The molecule has 0 spiro atoms. The highest BCUT2D eigenvalue weighted by molar-refractivity contribution is 5.97. The van der Waals surface area contributed by atoms with Gasteiger partial charge in [-0.25, -0.2) is 0 Å². The molecule has 1 atom stereocenters. The predicted molar refractivity (Wildman–Crippen MR) is 109 cm³/mol. The summed E-state index contributed by atoms with van der Waals surface area (Å²) in [6.07, 6.45) is 1.07. The van der Waals surface area contributed by atoms with Gasteiger partial charge >= 0.3 is 0 Å². The van der Waals surface area contributed by atoms with Crippen molar-refractivity contribution in [3.05, 3.63) is 59.2 Å². The molecular formula is C22H25N3O4. The number of hydrazine groups is 1. The molecule has 0 saturated heterocycles. The Morgan fingerprint density at radius 1 is 0.966 bits per heavy atom. The van der Waals surface area contributed by atoms with Crippen molar-refractivity contribution in [1.29, 1.82) is 0 Å². The van der Waals surface area contributed by atoms with Crippen LogP contribution in [0.15, 0.2) is 42.5 Å². The Labute approximate surface area is 169 Å². The summed E-state index contributed by atoms with van der Waals surface area (Å²) in [4.78, 5) is 36.2. The van der Waals surface area contributed by atoms with Crippen LogP contribution in [0.3, 0.4) is 0 Å². The molecule has 2 aromatic carbocycles. The number of nitrogens with one attached hydrogen (secondary N) is 3. The van der Waals surface area contributed by atoms with E-state index in [-0.39, 0.29) is 11.8 Å². The number of para-hydroxylation sites is 1. The van der Waals surface area contributed by atoms with Gasteiger partial charge < -0.3 is 10.1 Å². The molecule has 0 heterocycles. The maximum atomic E-state index is 12.3. The molecular weight excluding hydrogens is 370 g/mol. The minimum Gasteiger partial charge on any atom is -0.480 e. The molecule has 3 rings (SSSR count). The van der Waals surface area contributed by atoms with Crippen LogP contribution in [-0.2, 0) is 9.59 Å². The summed E-state index contributed by atoms with van der Waals surface area (Å²) in [5.41, 5.74) is 7.62. The number of carbonyl (C=O) groups is 3. The Morgan fingerprint density at radius 3 is 2.17 bits per heavy atom. The van der Waals surface area contributed by atoms with E-state index in [0.29, 0.717) is 17.0 Å². The molecule has 3 amide bonds. The highest BCUT2D eigenvalue weighted by Crippen LogP contribution is 2.30. The van der Waals surface area contributed by atoms with E-state index in [9.17, 15) is 14.4 Å². The molecule has 29 heavy (non-hydrogen) atoms. The average molecular weight is 395 g/mol. The normalized spacial score (nSPS) is 13.9. The van der Waals surface area contributed by atoms with Gasteiger partial charge in [-0.15, -0.1) is 0 Å². The van der Waals surface area contributed by atoms with Gasteiger partial charge in [0.25, 0.3) is 11.8 Å². The Hall–Kier alpha value is -3.35. The number of rotatable bonds is 6. The number of carbonyl (C=O) groups excluding carboxylic acids is 3. The first-order valence-corrected chi connectivity index (χ1v) is 9.59. The molecule has 152 valence electrons. The van der Waals surface area contributed by atoms with Crippen LogP contribution < -0.4 is 20.9 Å². The molecule has 0 aromatic heterocycles. The molecule has 1 aliphatic carbocycles. The van der Waals surface area contributed by atoms with Crippen molar-refractivity contribution in [2.45, 2.75) is 39.7 Å². The summed E-state index contributed by atoms with van der Waals surface area (Å²) in [5.74, 6) is -0.148. The lowest BCUT2D eigenvalue weighted by atomic mass is 10.1. The number of anilines is 1. The van der Waals surface area contributed by atoms with Crippen molar-refractivity contribution in [3.63, 3.8) is 0 Å². The van der Waals surface area contributed by atoms with Gasteiger partial charge in [0.05, 0.1) is 0 Å². The second-order valence-corrected chi connectivity index (χ2v) is 7.27. The van der Waals surface area contributed by atoms with Crippen molar-refractivity contribution >= 4 is 23.4 Å². The zero-order valence-electron chi connectivity index (χ0n) is 16.7. The lowest BCUT2D eigenvalue weighted by Crippen LogP contribution is -2.47. The molecule has 7 nitrogen and oxygen atoms in total. The zero-order valence-corrected chi connectivity index (χ0v) is 16.7. The first kappa shape index (κ1) is 20.4. The lowest BCUT2D eigenvalue weighted by molar-refractivity contribution is -0.128. The summed E-state index contributed by atoms with van der Waals surface area (Å²) in [7, 11) is 0. The molecule has 0 radical (unpaired) electrons. The molecule has 3 N–H and O–H groups in total. The summed E-state index contributed by atoms with van der Waals surface area (Å²) >= 11 is 0. The van der Waals surface area contributed by atoms with E-state index in [1.807, 2.05) is 32.0 Å². The van der Waals surface area contributed by atoms with E-state index in [4.69, 9.17) is 4.74 Å².